The molecule has 0 unspecified atom stereocenters. The average Bonchev–Trinajstić information content (AvgIpc) is 3.54. The summed E-state index contributed by atoms with van der Waals surface area (Å²) >= 11 is 1.53. The van der Waals surface area contributed by atoms with Gasteiger partial charge in [-0.1, -0.05) is 73.3 Å². The molecule has 2 N–H and O–H groups in total. The van der Waals surface area contributed by atoms with E-state index in [-0.39, 0.29) is 30.6 Å². The Labute approximate surface area is 253 Å². The maximum Gasteiger partial charge on any atom is 0.257 e. The van der Waals surface area contributed by atoms with E-state index in [4.69, 9.17) is 9.47 Å². The number of aliphatic hydroxyl groups excluding tert-OH is 1. The number of nitrogens with one attached hydrogen (secondary N) is 1. The number of para-hydroxylation sites is 1. The Balaban J connectivity index is 1.21. The third-order valence-electron chi connectivity index (χ3n) is 7.31. The first-order valence-corrected chi connectivity index (χ1v) is 14.9. The van der Waals surface area contributed by atoms with Crippen molar-refractivity contribution in [3.63, 3.8) is 0 Å². The van der Waals surface area contributed by atoms with E-state index in [1.807, 2.05) is 78.9 Å². The van der Waals surface area contributed by atoms with Gasteiger partial charge in [-0.05, 0) is 58.0 Å². The van der Waals surface area contributed by atoms with Crippen LogP contribution < -0.4 is 5.32 Å². The highest BCUT2D eigenvalue weighted by Gasteiger charge is 2.38. The van der Waals surface area contributed by atoms with Crippen molar-refractivity contribution in [2.24, 2.45) is 5.92 Å². The van der Waals surface area contributed by atoms with Crippen molar-refractivity contribution >= 4 is 23.4 Å². The predicted molar refractivity (Wildman–Crippen MR) is 161 cm³/mol. The Morgan fingerprint density at radius 3 is 2.44 bits per heavy atom. The number of carbonyl (C=O) groups is 1. The Bertz CT molecular complexity index is 1630. The zero-order valence-electron chi connectivity index (χ0n) is 23.4. The number of carbonyl (C=O) groups excluding carboxylic acids is 1. The van der Waals surface area contributed by atoms with Gasteiger partial charge in [0.1, 0.15) is 0 Å². The van der Waals surface area contributed by atoms with Gasteiger partial charge < -0.3 is 19.9 Å². The summed E-state index contributed by atoms with van der Waals surface area (Å²) in [5.41, 5.74) is 4.68. The van der Waals surface area contributed by atoms with Crippen molar-refractivity contribution in [1.29, 1.82) is 0 Å². The van der Waals surface area contributed by atoms with E-state index < -0.39 is 6.29 Å². The number of anilines is 1. The minimum absolute atomic E-state index is 0.00262. The highest BCUT2D eigenvalue weighted by Crippen LogP contribution is 2.43. The molecule has 2 aromatic heterocycles. The molecule has 1 fully saturated rings. The molecule has 1 amide bonds. The van der Waals surface area contributed by atoms with Crippen LogP contribution in [0.25, 0.3) is 5.69 Å². The molecule has 1 aliphatic rings. The minimum Gasteiger partial charge on any atom is -0.392 e. The van der Waals surface area contributed by atoms with Gasteiger partial charge in [0, 0.05) is 35.3 Å². The second kappa shape index (κ2) is 13.3. The average molecular weight is 595 g/mol. The standard InChI is InChI=1S/C32H30N6O4S/c1-21-28(20-43-32-35-36-37-38(32)27-7-3-2-4-8-27)41-31(42-29(21)23-11-9-22(19-39)10-12-23)24-13-15-26(16-14-24)34-30(40)25-6-5-17-33-18-25/h2-18,21,28-29,31,39H,19-20H2,1H3,(H,34,40)/t21-,28+,29+,31+/m0/s1. The number of ether oxygens (including phenoxy) is 2. The van der Waals surface area contributed by atoms with Gasteiger partial charge in [-0.15, -0.1) is 5.10 Å². The molecule has 0 radical (unpaired) electrons. The summed E-state index contributed by atoms with van der Waals surface area (Å²) in [4.78, 5) is 16.6. The molecule has 5 aromatic rings. The van der Waals surface area contributed by atoms with Crippen LogP contribution in [0, 0.1) is 5.92 Å². The van der Waals surface area contributed by atoms with Gasteiger partial charge in [-0.3, -0.25) is 9.78 Å². The number of tetrazole rings is 1. The number of nitrogens with zero attached hydrogens (tertiary/aromatic N) is 5. The fourth-order valence-electron chi connectivity index (χ4n) is 4.89. The predicted octanol–water partition coefficient (Wildman–Crippen LogP) is 5.39. The Morgan fingerprint density at radius 1 is 0.953 bits per heavy atom. The lowest BCUT2D eigenvalue weighted by Gasteiger charge is -2.41. The number of hydrogen-bond acceptors (Lipinski definition) is 9. The fraction of sp³-hybridized carbons (Fsp3) is 0.219. The molecule has 0 saturated carbocycles. The Kier molecular flexibility index (Phi) is 8.85. The number of pyridine rings is 1. The molecule has 3 heterocycles. The third kappa shape index (κ3) is 6.65. The fourth-order valence-corrected chi connectivity index (χ4v) is 5.94. The SMILES string of the molecule is C[C@H]1[C@@H](CSc2nnnn2-c2ccccc2)O[C@@H](c2ccc(NC(=O)c3cccnc3)cc2)O[C@H]1c1ccc(CO)cc1. The molecule has 4 atom stereocenters. The zero-order valence-corrected chi connectivity index (χ0v) is 24.2. The van der Waals surface area contributed by atoms with Crippen LogP contribution in [-0.4, -0.2) is 48.1 Å². The van der Waals surface area contributed by atoms with Gasteiger partial charge in [-0.25, -0.2) is 0 Å². The third-order valence-corrected chi connectivity index (χ3v) is 8.31. The molecule has 43 heavy (non-hydrogen) atoms. The summed E-state index contributed by atoms with van der Waals surface area (Å²) in [6.07, 6.45) is 2.06. The number of thioether (sulfide) groups is 1. The molecule has 3 aromatic carbocycles. The number of aromatic nitrogens is 5. The van der Waals surface area contributed by atoms with E-state index >= 15 is 0 Å². The van der Waals surface area contributed by atoms with Crippen molar-refractivity contribution in [3.05, 3.63) is 126 Å². The topological polar surface area (TPSA) is 124 Å². The van der Waals surface area contributed by atoms with Crippen LogP contribution in [0.5, 0.6) is 0 Å². The summed E-state index contributed by atoms with van der Waals surface area (Å²) in [6, 6.07) is 28.5. The van der Waals surface area contributed by atoms with Crippen molar-refractivity contribution < 1.29 is 19.4 Å². The van der Waals surface area contributed by atoms with Crippen LogP contribution in [0.3, 0.4) is 0 Å². The first-order valence-electron chi connectivity index (χ1n) is 13.9. The molecule has 1 saturated heterocycles. The quantitative estimate of drug-likeness (QED) is 0.216. The summed E-state index contributed by atoms with van der Waals surface area (Å²) in [6.45, 7) is 2.09. The molecule has 0 spiro atoms. The van der Waals surface area contributed by atoms with Crippen LogP contribution in [-0.2, 0) is 16.1 Å². The molecule has 0 aliphatic carbocycles. The highest BCUT2D eigenvalue weighted by atomic mass is 32.2. The number of benzene rings is 3. The molecule has 11 heteroatoms. The van der Waals surface area contributed by atoms with Crippen molar-refractivity contribution in [2.45, 2.75) is 37.2 Å². The lowest BCUT2D eigenvalue weighted by molar-refractivity contribution is -0.268. The maximum absolute atomic E-state index is 12.6. The summed E-state index contributed by atoms with van der Waals surface area (Å²) in [5.74, 6) is 0.364. The smallest absolute Gasteiger partial charge is 0.257 e. The lowest BCUT2D eigenvalue weighted by atomic mass is 9.91. The minimum atomic E-state index is -0.641. The van der Waals surface area contributed by atoms with Gasteiger partial charge in [0.25, 0.3) is 5.91 Å². The Morgan fingerprint density at radius 2 is 1.72 bits per heavy atom. The Hall–Kier alpha value is -4.42. The van der Waals surface area contributed by atoms with Gasteiger partial charge >= 0.3 is 0 Å². The van der Waals surface area contributed by atoms with Gasteiger partial charge in [0.2, 0.25) is 5.16 Å². The van der Waals surface area contributed by atoms with E-state index in [2.05, 4.69) is 32.7 Å². The largest absolute Gasteiger partial charge is 0.392 e. The first-order chi connectivity index (χ1) is 21.1. The van der Waals surface area contributed by atoms with E-state index in [0.29, 0.717) is 22.2 Å². The number of amides is 1. The van der Waals surface area contributed by atoms with Crippen LogP contribution >= 0.6 is 11.8 Å². The van der Waals surface area contributed by atoms with Crippen molar-refractivity contribution in [1.82, 2.24) is 25.2 Å². The number of aliphatic hydroxyl groups is 1. The molecule has 1 aliphatic heterocycles. The van der Waals surface area contributed by atoms with Crippen LogP contribution in [0.2, 0.25) is 0 Å². The van der Waals surface area contributed by atoms with Crippen LogP contribution in [0.15, 0.2) is 109 Å². The van der Waals surface area contributed by atoms with E-state index in [1.54, 1.807) is 23.0 Å². The zero-order chi connectivity index (χ0) is 29.6. The number of hydrogen-bond donors (Lipinski definition) is 2. The second-order valence-electron chi connectivity index (χ2n) is 10.2. The van der Waals surface area contributed by atoms with Gasteiger partial charge in [0.15, 0.2) is 6.29 Å². The van der Waals surface area contributed by atoms with Gasteiger partial charge in [0.05, 0.1) is 30.1 Å². The summed E-state index contributed by atoms with van der Waals surface area (Å²) in [5, 5.41) is 25.4. The molecule has 6 rings (SSSR count). The highest BCUT2D eigenvalue weighted by molar-refractivity contribution is 7.99. The monoisotopic (exact) mass is 594 g/mol. The molecule has 218 valence electrons. The van der Waals surface area contributed by atoms with Crippen LogP contribution in [0.4, 0.5) is 5.69 Å². The molecular formula is C32H30N6O4S. The summed E-state index contributed by atoms with van der Waals surface area (Å²) in [7, 11) is 0. The van der Waals surface area contributed by atoms with E-state index in [1.165, 1.54) is 18.0 Å². The molecule has 0 bridgehead atoms. The van der Waals surface area contributed by atoms with Crippen molar-refractivity contribution in [2.75, 3.05) is 11.1 Å². The van der Waals surface area contributed by atoms with Crippen molar-refractivity contribution in [3.8, 4) is 5.69 Å². The molecule has 10 nitrogen and oxygen atoms in total. The van der Waals surface area contributed by atoms with Gasteiger partial charge in [-0.2, -0.15) is 4.68 Å². The first kappa shape index (κ1) is 28.7. The lowest BCUT2D eigenvalue weighted by Crippen LogP contribution is -2.38. The molecular weight excluding hydrogens is 564 g/mol. The summed E-state index contributed by atoms with van der Waals surface area (Å²) < 4.78 is 14.8. The van der Waals surface area contributed by atoms with E-state index in [0.717, 1.165) is 22.4 Å². The maximum atomic E-state index is 12.6. The van der Waals surface area contributed by atoms with Crippen LogP contribution in [0.1, 0.15) is 46.4 Å². The normalized spacial score (nSPS) is 20.0. The van der Waals surface area contributed by atoms with E-state index in [9.17, 15) is 9.90 Å². The second-order valence-corrected chi connectivity index (χ2v) is 11.1. The number of rotatable bonds is 9.